The molecule has 2 aliphatic heterocycles. The lowest BCUT2D eigenvalue weighted by Gasteiger charge is -2.41. The molecule has 2 saturated heterocycles. The van der Waals surface area contributed by atoms with Gasteiger partial charge in [0.15, 0.2) is 0 Å². The van der Waals surface area contributed by atoms with Gasteiger partial charge in [-0.25, -0.2) is 0 Å². The SMILES string of the molecule is CCC(=O)C1CCN(C2CCN(C(=O)CCCCCC(C)CC)CC2)CC1. The first-order chi connectivity index (χ1) is 13.0. The standard InChI is InChI=1S/C23H42N2O2/c1-4-19(3)9-7-6-8-10-23(27)25-17-13-21(14-18-25)24-15-11-20(12-16-24)22(26)5-2/h19-21H,4-18H2,1-3H3. The van der Waals surface area contributed by atoms with Gasteiger partial charge in [0.1, 0.15) is 5.78 Å². The summed E-state index contributed by atoms with van der Waals surface area (Å²) in [5.74, 6) is 1.93. The average molecular weight is 379 g/mol. The molecule has 2 fully saturated rings. The molecule has 1 amide bonds. The Bertz CT molecular complexity index is 449. The first kappa shape index (κ1) is 22.4. The zero-order valence-corrected chi connectivity index (χ0v) is 18.0. The van der Waals surface area contributed by atoms with Crippen LogP contribution in [0, 0.1) is 11.8 Å². The minimum absolute atomic E-state index is 0.299. The second-order valence-corrected chi connectivity index (χ2v) is 8.85. The smallest absolute Gasteiger partial charge is 0.222 e. The van der Waals surface area contributed by atoms with Gasteiger partial charge in [0.05, 0.1) is 0 Å². The summed E-state index contributed by atoms with van der Waals surface area (Å²) >= 11 is 0. The molecule has 4 heteroatoms. The van der Waals surface area contributed by atoms with Crippen LogP contribution in [0.5, 0.6) is 0 Å². The lowest BCUT2D eigenvalue weighted by Crippen LogP contribution is -2.49. The highest BCUT2D eigenvalue weighted by Gasteiger charge is 2.30. The molecule has 0 aromatic rings. The highest BCUT2D eigenvalue weighted by molar-refractivity contribution is 5.80. The molecule has 156 valence electrons. The second-order valence-electron chi connectivity index (χ2n) is 8.85. The van der Waals surface area contributed by atoms with Gasteiger partial charge in [-0.1, -0.05) is 46.5 Å². The number of amides is 1. The summed E-state index contributed by atoms with van der Waals surface area (Å²) in [6.45, 7) is 10.5. The van der Waals surface area contributed by atoms with Gasteiger partial charge in [-0.3, -0.25) is 9.59 Å². The van der Waals surface area contributed by atoms with Crippen molar-refractivity contribution in [3.05, 3.63) is 0 Å². The van der Waals surface area contributed by atoms with Gasteiger partial charge in [0, 0.05) is 37.9 Å². The molecule has 0 aromatic heterocycles. The van der Waals surface area contributed by atoms with Crippen LogP contribution in [0.3, 0.4) is 0 Å². The van der Waals surface area contributed by atoms with Gasteiger partial charge in [-0.2, -0.15) is 0 Å². The van der Waals surface area contributed by atoms with Crippen molar-refractivity contribution in [3.8, 4) is 0 Å². The van der Waals surface area contributed by atoms with E-state index in [-0.39, 0.29) is 0 Å². The predicted octanol–water partition coefficient (Wildman–Crippen LogP) is 4.67. The van der Waals surface area contributed by atoms with Gasteiger partial charge in [-0.05, 0) is 51.1 Å². The maximum atomic E-state index is 12.5. The number of rotatable bonds is 10. The van der Waals surface area contributed by atoms with Crippen LogP contribution < -0.4 is 0 Å². The van der Waals surface area contributed by atoms with E-state index >= 15 is 0 Å². The molecule has 2 heterocycles. The maximum Gasteiger partial charge on any atom is 0.222 e. The summed E-state index contributed by atoms with van der Waals surface area (Å²) in [4.78, 5) is 29.0. The van der Waals surface area contributed by atoms with Crippen molar-refractivity contribution in [3.63, 3.8) is 0 Å². The Labute approximate surface area is 167 Å². The average Bonchev–Trinajstić information content (AvgIpc) is 2.72. The molecule has 0 N–H and O–H groups in total. The van der Waals surface area contributed by atoms with E-state index in [1.807, 2.05) is 6.92 Å². The van der Waals surface area contributed by atoms with Crippen LogP contribution in [0.15, 0.2) is 0 Å². The van der Waals surface area contributed by atoms with Crippen molar-refractivity contribution < 1.29 is 9.59 Å². The zero-order chi connectivity index (χ0) is 19.6. The first-order valence-electron chi connectivity index (χ1n) is 11.6. The third kappa shape index (κ3) is 7.21. The number of hydrogen-bond acceptors (Lipinski definition) is 3. The number of carbonyl (C=O) groups is 2. The van der Waals surface area contributed by atoms with Gasteiger partial charge in [0.2, 0.25) is 5.91 Å². The quantitative estimate of drug-likeness (QED) is 0.519. The topological polar surface area (TPSA) is 40.6 Å². The maximum absolute atomic E-state index is 12.5. The van der Waals surface area contributed by atoms with E-state index in [0.29, 0.717) is 30.1 Å². The largest absolute Gasteiger partial charge is 0.343 e. The fourth-order valence-electron chi connectivity index (χ4n) is 4.66. The summed E-state index contributed by atoms with van der Waals surface area (Å²) in [6.07, 6.45) is 11.8. The van der Waals surface area contributed by atoms with Crippen LogP contribution in [0.25, 0.3) is 0 Å². The molecular formula is C23H42N2O2. The third-order valence-electron chi connectivity index (χ3n) is 6.95. The highest BCUT2D eigenvalue weighted by Crippen LogP contribution is 2.25. The van der Waals surface area contributed by atoms with Crippen molar-refractivity contribution >= 4 is 11.7 Å². The number of Topliss-reactive ketones (excluding diaryl/α,β-unsaturated/α-hetero) is 1. The number of unbranched alkanes of at least 4 members (excludes halogenated alkanes) is 2. The first-order valence-corrected chi connectivity index (χ1v) is 11.6. The molecule has 0 aliphatic carbocycles. The molecule has 1 unspecified atom stereocenters. The van der Waals surface area contributed by atoms with Crippen LogP contribution in [-0.4, -0.2) is 53.7 Å². The Kier molecular flexibility index (Phi) is 9.81. The minimum Gasteiger partial charge on any atom is -0.343 e. The number of hydrogen-bond donors (Lipinski definition) is 0. The Hall–Kier alpha value is -0.900. The number of ketones is 1. The monoisotopic (exact) mass is 378 g/mol. The van der Waals surface area contributed by atoms with Crippen molar-refractivity contribution in [2.24, 2.45) is 11.8 Å². The molecular weight excluding hydrogens is 336 g/mol. The van der Waals surface area contributed by atoms with Crippen molar-refractivity contribution in [1.29, 1.82) is 0 Å². The van der Waals surface area contributed by atoms with E-state index in [1.165, 1.54) is 25.7 Å². The second kappa shape index (κ2) is 11.8. The number of carbonyl (C=O) groups excluding carboxylic acids is 2. The van der Waals surface area contributed by atoms with Gasteiger partial charge >= 0.3 is 0 Å². The Morgan fingerprint density at radius 2 is 1.59 bits per heavy atom. The van der Waals surface area contributed by atoms with Crippen LogP contribution >= 0.6 is 0 Å². The van der Waals surface area contributed by atoms with Gasteiger partial charge in [0.25, 0.3) is 0 Å². The lowest BCUT2D eigenvalue weighted by atomic mass is 9.89. The van der Waals surface area contributed by atoms with Crippen molar-refractivity contribution in [2.75, 3.05) is 26.2 Å². The molecule has 1 atom stereocenters. The van der Waals surface area contributed by atoms with Crippen LogP contribution in [0.2, 0.25) is 0 Å². The van der Waals surface area contributed by atoms with Crippen molar-refractivity contribution in [2.45, 2.75) is 97.4 Å². The number of piperidine rings is 2. The van der Waals surface area contributed by atoms with Crippen LogP contribution in [0.1, 0.15) is 91.4 Å². The molecule has 0 aromatic carbocycles. The van der Waals surface area contributed by atoms with E-state index < -0.39 is 0 Å². The molecule has 0 spiro atoms. The van der Waals surface area contributed by atoms with Crippen LogP contribution in [0.4, 0.5) is 0 Å². The van der Waals surface area contributed by atoms with Crippen molar-refractivity contribution in [1.82, 2.24) is 9.80 Å². The van der Waals surface area contributed by atoms with E-state index in [0.717, 1.165) is 70.6 Å². The number of nitrogens with zero attached hydrogens (tertiary/aromatic N) is 2. The number of likely N-dealkylation sites (tertiary alicyclic amines) is 2. The Morgan fingerprint density at radius 3 is 2.19 bits per heavy atom. The molecule has 0 radical (unpaired) electrons. The van der Waals surface area contributed by atoms with E-state index in [9.17, 15) is 9.59 Å². The summed E-state index contributed by atoms with van der Waals surface area (Å²) in [6, 6.07) is 0.613. The Balaban J connectivity index is 1.59. The minimum atomic E-state index is 0.299. The molecule has 2 aliphatic rings. The summed E-state index contributed by atoms with van der Waals surface area (Å²) in [5, 5.41) is 0. The fraction of sp³-hybridized carbons (Fsp3) is 0.913. The lowest BCUT2D eigenvalue weighted by molar-refractivity contribution is -0.133. The van der Waals surface area contributed by atoms with Gasteiger partial charge < -0.3 is 9.80 Å². The van der Waals surface area contributed by atoms with E-state index in [4.69, 9.17) is 0 Å². The van der Waals surface area contributed by atoms with E-state index in [1.54, 1.807) is 0 Å². The predicted molar refractivity (Wildman–Crippen MR) is 112 cm³/mol. The summed E-state index contributed by atoms with van der Waals surface area (Å²) in [7, 11) is 0. The highest BCUT2D eigenvalue weighted by atomic mass is 16.2. The summed E-state index contributed by atoms with van der Waals surface area (Å²) < 4.78 is 0. The fourth-order valence-corrected chi connectivity index (χ4v) is 4.66. The van der Waals surface area contributed by atoms with E-state index in [2.05, 4.69) is 23.6 Å². The normalized spacial score (nSPS) is 21.4. The molecule has 0 bridgehead atoms. The zero-order valence-electron chi connectivity index (χ0n) is 18.0. The molecule has 2 rings (SSSR count). The van der Waals surface area contributed by atoms with Crippen LogP contribution in [-0.2, 0) is 9.59 Å². The molecule has 0 saturated carbocycles. The molecule has 27 heavy (non-hydrogen) atoms. The van der Waals surface area contributed by atoms with Gasteiger partial charge in [-0.15, -0.1) is 0 Å². The Morgan fingerprint density at radius 1 is 0.926 bits per heavy atom. The third-order valence-corrected chi connectivity index (χ3v) is 6.95. The molecule has 4 nitrogen and oxygen atoms in total. The summed E-state index contributed by atoms with van der Waals surface area (Å²) in [5.41, 5.74) is 0.